The fourth-order valence-corrected chi connectivity index (χ4v) is 4.25. The molecule has 4 nitrogen and oxygen atoms in total. The van der Waals surface area contributed by atoms with Gasteiger partial charge in [-0.15, -0.1) is 0 Å². The maximum absolute atomic E-state index is 12.5. The molecular weight excluding hydrogens is 264 g/mol. The largest absolute Gasteiger partial charge is 0.381 e. The number of hydrogen-bond donors (Lipinski definition) is 1. The first-order valence-corrected chi connectivity index (χ1v) is 8.81. The normalized spacial score (nSPS) is 28.6. The summed E-state index contributed by atoms with van der Waals surface area (Å²) in [7, 11) is 0. The van der Waals surface area contributed by atoms with Crippen LogP contribution in [0.1, 0.15) is 58.3 Å². The minimum absolute atomic E-state index is 0.0224. The van der Waals surface area contributed by atoms with Gasteiger partial charge in [0.05, 0.1) is 6.04 Å². The summed E-state index contributed by atoms with van der Waals surface area (Å²) >= 11 is 0. The van der Waals surface area contributed by atoms with E-state index in [-0.39, 0.29) is 11.9 Å². The van der Waals surface area contributed by atoms with Gasteiger partial charge < -0.3 is 10.1 Å². The molecule has 0 bridgehead atoms. The van der Waals surface area contributed by atoms with Crippen molar-refractivity contribution in [2.45, 2.75) is 70.4 Å². The molecule has 2 heterocycles. The van der Waals surface area contributed by atoms with E-state index in [0.717, 1.165) is 26.3 Å². The number of rotatable bonds is 3. The van der Waals surface area contributed by atoms with Gasteiger partial charge in [-0.25, -0.2) is 0 Å². The molecule has 0 aromatic rings. The van der Waals surface area contributed by atoms with Crippen LogP contribution in [0, 0.1) is 5.41 Å². The van der Waals surface area contributed by atoms with E-state index in [9.17, 15) is 4.79 Å². The van der Waals surface area contributed by atoms with Crippen molar-refractivity contribution in [3.63, 3.8) is 0 Å². The highest BCUT2D eigenvalue weighted by Gasteiger charge is 2.41. The van der Waals surface area contributed by atoms with Gasteiger partial charge in [0.15, 0.2) is 0 Å². The molecule has 120 valence electrons. The van der Waals surface area contributed by atoms with E-state index < -0.39 is 0 Å². The topological polar surface area (TPSA) is 41.6 Å². The van der Waals surface area contributed by atoms with Gasteiger partial charge in [0.25, 0.3) is 0 Å². The summed E-state index contributed by atoms with van der Waals surface area (Å²) in [5.74, 6) is 0.242. The van der Waals surface area contributed by atoms with Crippen LogP contribution in [0.25, 0.3) is 0 Å². The monoisotopic (exact) mass is 294 g/mol. The highest BCUT2D eigenvalue weighted by Crippen LogP contribution is 2.40. The fourth-order valence-electron chi connectivity index (χ4n) is 4.25. The first-order valence-electron chi connectivity index (χ1n) is 8.81. The van der Waals surface area contributed by atoms with Gasteiger partial charge in [0.2, 0.25) is 5.91 Å². The molecule has 3 fully saturated rings. The second kappa shape index (κ2) is 6.66. The molecule has 1 saturated carbocycles. The molecule has 1 spiro atoms. The summed E-state index contributed by atoms with van der Waals surface area (Å²) in [6.07, 6.45) is 9.77. The smallest absolute Gasteiger partial charge is 0.237 e. The van der Waals surface area contributed by atoms with E-state index in [1.165, 1.54) is 51.4 Å². The van der Waals surface area contributed by atoms with Gasteiger partial charge in [-0.3, -0.25) is 9.69 Å². The molecule has 3 rings (SSSR count). The summed E-state index contributed by atoms with van der Waals surface area (Å²) in [6.45, 7) is 6.03. The molecule has 1 amide bonds. The van der Waals surface area contributed by atoms with E-state index in [2.05, 4.69) is 17.1 Å². The van der Waals surface area contributed by atoms with Crippen LogP contribution < -0.4 is 5.32 Å². The summed E-state index contributed by atoms with van der Waals surface area (Å²) in [5, 5.41) is 3.28. The predicted octanol–water partition coefficient (Wildman–Crippen LogP) is 2.33. The maximum Gasteiger partial charge on any atom is 0.237 e. The summed E-state index contributed by atoms with van der Waals surface area (Å²) < 4.78 is 5.50. The molecule has 3 aliphatic rings. The number of nitrogens with zero attached hydrogens (tertiary/aromatic N) is 1. The second-order valence-electron chi connectivity index (χ2n) is 7.35. The summed E-state index contributed by atoms with van der Waals surface area (Å²) in [6, 6.07) is 0.447. The van der Waals surface area contributed by atoms with Gasteiger partial charge >= 0.3 is 0 Å². The molecule has 0 aromatic heterocycles. The molecule has 0 aromatic carbocycles. The molecule has 1 N–H and O–H groups in total. The number of carbonyl (C=O) groups excluding carboxylic acids is 1. The number of likely N-dealkylation sites (tertiary alicyclic amines) is 1. The lowest BCUT2D eigenvalue weighted by molar-refractivity contribution is -0.126. The Morgan fingerprint density at radius 2 is 1.90 bits per heavy atom. The van der Waals surface area contributed by atoms with Crippen molar-refractivity contribution in [2.24, 2.45) is 5.41 Å². The van der Waals surface area contributed by atoms with Gasteiger partial charge in [-0.1, -0.05) is 19.3 Å². The highest BCUT2D eigenvalue weighted by molar-refractivity contribution is 5.81. The quantitative estimate of drug-likeness (QED) is 0.868. The molecule has 21 heavy (non-hydrogen) atoms. The minimum atomic E-state index is 0.0224. The lowest BCUT2D eigenvalue weighted by Gasteiger charge is -2.34. The van der Waals surface area contributed by atoms with E-state index in [1.54, 1.807) is 0 Å². The second-order valence-corrected chi connectivity index (χ2v) is 7.35. The SMILES string of the molecule is C[C@@H](C(=O)NC1CCCCC1)N1CCC2(CCOCC2)C1. The fraction of sp³-hybridized carbons (Fsp3) is 0.941. The minimum Gasteiger partial charge on any atom is -0.381 e. The maximum atomic E-state index is 12.5. The first kappa shape index (κ1) is 15.3. The Bertz CT molecular complexity index is 360. The molecule has 4 heteroatoms. The van der Waals surface area contributed by atoms with Crippen molar-refractivity contribution in [2.75, 3.05) is 26.3 Å². The molecule has 1 atom stereocenters. The highest BCUT2D eigenvalue weighted by atomic mass is 16.5. The number of amides is 1. The van der Waals surface area contributed by atoms with Gasteiger partial charge in [0, 0.05) is 25.8 Å². The Kier molecular flexibility index (Phi) is 4.85. The lowest BCUT2D eigenvalue weighted by atomic mass is 9.80. The van der Waals surface area contributed by atoms with Crippen molar-refractivity contribution >= 4 is 5.91 Å². The third-order valence-corrected chi connectivity index (χ3v) is 5.90. The number of hydrogen-bond acceptors (Lipinski definition) is 3. The van der Waals surface area contributed by atoms with Crippen molar-refractivity contribution in [1.82, 2.24) is 10.2 Å². The molecule has 0 unspecified atom stereocenters. The Labute approximate surface area is 128 Å². The third-order valence-electron chi connectivity index (χ3n) is 5.90. The molecular formula is C17H30N2O2. The van der Waals surface area contributed by atoms with Gasteiger partial charge in [-0.2, -0.15) is 0 Å². The lowest BCUT2D eigenvalue weighted by Crippen LogP contribution is -2.48. The number of nitrogens with one attached hydrogen (secondary N) is 1. The van der Waals surface area contributed by atoms with Crippen LogP contribution in [0.15, 0.2) is 0 Å². The van der Waals surface area contributed by atoms with E-state index in [0.29, 0.717) is 11.5 Å². The molecule has 0 radical (unpaired) electrons. The van der Waals surface area contributed by atoms with Crippen LogP contribution in [0.4, 0.5) is 0 Å². The van der Waals surface area contributed by atoms with Gasteiger partial charge in [0.1, 0.15) is 0 Å². The zero-order valence-electron chi connectivity index (χ0n) is 13.4. The van der Waals surface area contributed by atoms with Crippen LogP contribution in [-0.4, -0.2) is 49.2 Å². The summed E-state index contributed by atoms with van der Waals surface area (Å²) in [4.78, 5) is 14.9. The summed E-state index contributed by atoms with van der Waals surface area (Å²) in [5.41, 5.74) is 0.428. The van der Waals surface area contributed by atoms with Crippen LogP contribution >= 0.6 is 0 Å². The van der Waals surface area contributed by atoms with E-state index in [1.807, 2.05) is 0 Å². The average Bonchev–Trinajstić information content (AvgIpc) is 2.92. The Morgan fingerprint density at radius 3 is 2.62 bits per heavy atom. The van der Waals surface area contributed by atoms with E-state index in [4.69, 9.17) is 4.74 Å². The van der Waals surface area contributed by atoms with Crippen LogP contribution in [0.3, 0.4) is 0 Å². The van der Waals surface area contributed by atoms with Crippen molar-refractivity contribution in [1.29, 1.82) is 0 Å². The molecule has 2 saturated heterocycles. The Hall–Kier alpha value is -0.610. The van der Waals surface area contributed by atoms with Crippen molar-refractivity contribution < 1.29 is 9.53 Å². The Morgan fingerprint density at radius 1 is 1.19 bits per heavy atom. The average molecular weight is 294 g/mol. The number of carbonyl (C=O) groups is 1. The zero-order chi connectivity index (χ0) is 14.7. The number of ether oxygens (including phenoxy) is 1. The first-order chi connectivity index (χ1) is 10.2. The van der Waals surface area contributed by atoms with Crippen LogP contribution in [0.2, 0.25) is 0 Å². The standard InChI is InChI=1S/C17H30N2O2/c1-14(16(20)18-15-5-3-2-4-6-15)19-10-7-17(13-19)8-11-21-12-9-17/h14-15H,2-13H2,1H3,(H,18,20)/t14-/m0/s1. The van der Waals surface area contributed by atoms with Crippen LogP contribution in [-0.2, 0) is 9.53 Å². The zero-order valence-corrected chi connectivity index (χ0v) is 13.4. The van der Waals surface area contributed by atoms with Crippen molar-refractivity contribution in [3.05, 3.63) is 0 Å². The van der Waals surface area contributed by atoms with Crippen LogP contribution in [0.5, 0.6) is 0 Å². The Balaban J connectivity index is 1.50. The molecule has 2 aliphatic heterocycles. The van der Waals surface area contributed by atoms with E-state index >= 15 is 0 Å². The molecule has 1 aliphatic carbocycles. The van der Waals surface area contributed by atoms with Crippen molar-refractivity contribution in [3.8, 4) is 0 Å². The third kappa shape index (κ3) is 3.59. The predicted molar refractivity (Wildman–Crippen MR) is 83.2 cm³/mol. The van der Waals surface area contributed by atoms with Gasteiger partial charge in [-0.05, 0) is 51.0 Å².